The molecule has 1 aromatic heterocycles. The maximum Gasteiger partial charge on any atom is 0.144 e. The van der Waals surface area contributed by atoms with Crippen LogP contribution in [0, 0.1) is 0 Å². The van der Waals surface area contributed by atoms with Crippen molar-refractivity contribution in [2.75, 3.05) is 11.9 Å². The zero-order valence-electron chi connectivity index (χ0n) is 7.41. The number of nitrogens with one attached hydrogen (secondary N) is 1. The van der Waals surface area contributed by atoms with Gasteiger partial charge in [0, 0.05) is 24.5 Å². The lowest BCUT2D eigenvalue weighted by molar-refractivity contribution is 0.548. The van der Waals surface area contributed by atoms with Gasteiger partial charge < -0.3 is 11.1 Å². The van der Waals surface area contributed by atoms with Crippen molar-refractivity contribution in [1.29, 1.82) is 0 Å². The van der Waals surface area contributed by atoms with Crippen LogP contribution in [0.2, 0.25) is 0 Å². The van der Waals surface area contributed by atoms with E-state index in [2.05, 4.69) is 15.3 Å². The van der Waals surface area contributed by atoms with Gasteiger partial charge in [0.1, 0.15) is 5.82 Å². The van der Waals surface area contributed by atoms with E-state index in [1.807, 2.05) is 13.8 Å². The number of anilines is 1. The summed E-state index contributed by atoms with van der Waals surface area (Å²) in [4.78, 5) is 7.97. The quantitative estimate of drug-likeness (QED) is 0.691. The van der Waals surface area contributed by atoms with Gasteiger partial charge >= 0.3 is 0 Å². The molecule has 0 spiro atoms. The first-order valence-corrected chi connectivity index (χ1v) is 3.87. The summed E-state index contributed by atoms with van der Waals surface area (Å²) < 4.78 is 0. The molecule has 0 bridgehead atoms. The van der Waals surface area contributed by atoms with E-state index < -0.39 is 0 Å². The van der Waals surface area contributed by atoms with Crippen LogP contribution in [0.3, 0.4) is 0 Å². The van der Waals surface area contributed by atoms with Gasteiger partial charge in [0.25, 0.3) is 0 Å². The minimum absolute atomic E-state index is 0.225. The minimum Gasteiger partial charge on any atom is -0.367 e. The molecule has 0 radical (unpaired) electrons. The van der Waals surface area contributed by atoms with Gasteiger partial charge in [0.2, 0.25) is 0 Å². The third-order valence-electron chi connectivity index (χ3n) is 1.29. The average molecular weight is 166 g/mol. The Balaban J connectivity index is 2.44. The molecule has 66 valence electrons. The molecule has 0 saturated carbocycles. The first kappa shape index (κ1) is 8.93. The highest BCUT2D eigenvalue weighted by Crippen LogP contribution is 2.01. The van der Waals surface area contributed by atoms with Crippen LogP contribution in [-0.4, -0.2) is 22.1 Å². The van der Waals surface area contributed by atoms with Gasteiger partial charge in [-0.1, -0.05) is 0 Å². The average Bonchev–Trinajstić information content (AvgIpc) is 2.02. The van der Waals surface area contributed by atoms with Crippen LogP contribution < -0.4 is 11.1 Å². The predicted molar refractivity (Wildman–Crippen MR) is 48.8 cm³/mol. The van der Waals surface area contributed by atoms with Crippen LogP contribution in [0.5, 0.6) is 0 Å². The predicted octanol–water partition coefficient (Wildman–Crippen LogP) is 0.626. The van der Waals surface area contributed by atoms with Gasteiger partial charge in [-0.2, -0.15) is 0 Å². The second-order valence-electron chi connectivity index (χ2n) is 3.43. The first-order valence-electron chi connectivity index (χ1n) is 3.87. The minimum atomic E-state index is -0.225. The smallest absolute Gasteiger partial charge is 0.144 e. The highest BCUT2D eigenvalue weighted by Gasteiger charge is 2.09. The molecule has 1 heterocycles. The van der Waals surface area contributed by atoms with Crippen molar-refractivity contribution in [3.05, 3.63) is 18.6 Å². The summed E-state index contributed by atoms with van der Waals surface area (Å²) >= 11 is 0. The molecule has 1 rings (SSSR count). The van der Waals surface area contributed by atoms with E-state index in [0.717, 1.165) is 5.82 Å². The maximum atomic E-state index is 5.77. The SMILES string of the molecule is CC(C)(N)CNc1cnccn1. The molecular weight excluding hydrogens is 152 g/mol. The molecule has 0 aliphatic heterocycles. The fraction of sp³-hybridized carbons (Fsp3) is 0.500. The van der Waals surface area contributed by atoms with Gasteiger partial charge in [-0.3, -0.25) is 4.98 Å². The molecule has 1 aromatic rings. The van der Waals surface area contributed by atoms with Crippen LogP contribution in [0.25, 0.3) is 0 Å². The van der Waals surface area contributed by atoms with E-state index in [1.54, 1.807) is 18.6 Å². The Hall–Kier alpha value is -1.16. The van der Waals surface area contributed by atoms with E-state index >= 15 is 0 Å². The largest absolute Gasteiger partial charge is 0.367 e. The summed E-state index contributed by atoms with van der Waals surface area (Å²) in [5.41, 5.74) is 5.55. The van der Waals surface area contributed by atoms with Crippen LogP contribution in [0.15, 0.2) is 18.6 Å². The molecular formula is C8H14N4. The second-order valence-corrected chi connectivity index (χ2v) is 3.43. The van der Waals surface area contributed by atoms with Gasteiger partial charge in [-0.25, -0.2) is 4.98 Å². The molecule has 0 aromatic carbocycles. The topological polar surface area (TPSA) is 63.8 Å². The summed E-state index contributed by atoms with van der Waals surface area (Å²) in [6, 6.07) is 0. The Bertz CT molecular complexity index is 227. The lowest BCUT2D eigenvalue weighted by atomic mass is 10.1. The van der Waals surface area contributed by atoms with Gasteiger partial charge in [0.05, 0.1) is 6.20 Å². The zero-order valence-corrected chi connectivity index (χ0v) is 7.41. The highest BCUT2D eigenvalue weighted by molar-refractivity contribution is 5.30. The van der Waals surface area contributed by atoms with Crippen molar-refractivity contribution in [3.63, 3.8) is 0 Å². The standard InChI is InChI=1S/C8H14N4/c1-8(2,9)6-12-7-5-10-3-4-11-7/h3-5H,6,9H2,1-2H3,(H,11,12). The summed E-state index contributed by atoms with van der Waals surface area (Å²) in [6.07, 6.45) is 4.95. The maximum absolute atomic E-state index is 5.77. The molecule has 0 fully saturated rings. The molecule has 4 heteroatoms. The van der Waals surface area contributed by atoms with Crippen LogP contribution in [0.1, 0.15) is 13.8 Å². The lowest BCUT2D eigenvalue weighted by Gasteiger charge is -2.18. The fourth-order valence-electron chi connectivity index (χ4n) is 0.709. The molecule has 0 atom stereocenters. The molecule has 4 nitrogen and oxygen atoms in total. The van der Waals surface area contributed by atoms with E-state index in [1.165, 1.54) is 0 Å². The third-order valence-corrected chi connectivity index (χ3v) is 1.29. The number of hydrogen-bond donors (Lipinski definition) is 2. The molecule has 0 unspecified atom stereocenters. The van der Waals surface area contributed by atoms with E-state index in [9.17, 15) is 0 Å². The number of nitrogens with zero attached hydrogens (tertiary/aromatic N) is 2. The summed E-state index contributed by atoms with van der Waals surface area (Å²) in [6.45, 7) is 4.60. The van der Waals surface area contributed by atoms with Gasteiger partial charge in [-0.05, 0) is 13.8 Å². The second kappa shape index (κ2) is 3.49. The summed E-state index contributed by atoms with van der Waals surface area (Å²) in [7, 11) is 0. The third kappa shape index (κ3) is 3.30. The molecule has 0 amide bonds. The monoisotopic (exact) mass is 166 g/mol. The van der Waals surface area contributed by atoms with Crippen LogP contribution >= 0.6 is 0 Å². The van der Waals surface area contributed by atoms with Gasteiger partial charge in [0.15, 0.2) is 0 Å². The molecule has 0 saturated heterocycles. The van der Waals surface area contributed by atoms with E-state index in [0.29, 0.717) is 6.54 Å². The molecule has 12 heavy (non-hydrogen) atoms. The van der Waals surface area contributed by atoms with Crippen LogP contribution in [0.4, 0.5) is 5.82 Å². The number of nitrogens with two attached hydrogens (primary N) is 1. The number of hydrogen-bond acceptors (Lipinski definition) is 4. The van der Waals surface area contributed by atoms with E-state index in [-0.39, 0.29) is 5.54 Å². The Morgan fingerprint density at radius 3 is 2.75 bits per heavy atom. The number of aromatic nitrogens is 2. The summed E-state index contributed by atoms with van der Waals surface area (Å²) in [5, 5.41) is 3.09. The highest BCUT2D eigenvalue weighted by atomic mass is 15.0. The Labute approximate surface area is 72.2 Å². The Kier molecular flexibility index (Phi) is 2.60. The van der Waals surface area contributed by atoms with Crippen molar-refractivity contribution in [1.82, 2.24) is 9.97 Å². The lowest BCUT2D eigenvalue weighted by Crippen LogP contribution is -2.39. The normalized spacial score (nSPS) is 11.2. The zero-order chi connectivity index (χ0) is 9.03. The molecule has 0 aliphatic carbocycles. The summed E-state index contributed by atoms with van der Waals surface area (Å²) in [5.74, 6) is 0.760. The van der Waals surface area contributed by atoms with Crippen molar-refractivity contribution in [3.8, 4) is 0 Å². The van der Waals surface area contributed by atoms with E-state index in [4.69, 9.17) is 5.73 Å². The van der Waals surface area contributed by atoms with Crippen molar-refractivity contribution in [2.45, 2.75) is 19.4 Å². The Morgan fingerprint density at radius 2 is 2.25 bits per heavy atom. The molecule has 3 N–H and O–H groups in total. The van der Waals surface area contributed by atoms with Crippen LogP contribution in [-0.2, 0) is 0 Å². The van der Waals surface area contributed by atoms with Crippen molar-refractivity contribution >= 4 is 5.82 Å². The molecule has 0 aliphatic rings. The first-order chi connectivity index (χ1) is 5.58. The fourth-order valence-corrected chi connectivity index (χ4v) is 0.709. The van der Waals surface area contributed by atoms with Gasteiger partial charge in [-0.15, -0.1) is 0 Å². The Morgan fingerprint density at radius 1 is 1.50 bits per heavy atom. The van der Waals surface area contributed by atoms with Crippen molar-refractivity contribution < 1.29 is 0 Å². The number of rotatable bonds is 3. The van der Waals surface area contributed by atoms with Crippen molar-refractivity contribution in [2.24, 2.45) is 5.73 Å².